The van der Waals surface area contributed by atoms with Crippen LogP contribution in [-0.2, 0) is 16.4 Å². The van der Waals surface area contributed by atoms with Crippen molar-refractivity contribution in [3.05, 3.63) is 82.8 Å². The second-order valence-corrected chi connectivity index (χ2v) is 8.72. The highest BCUT2D eigenvalue weighted by molar-refractivity contribution is 7.92. The second-order valence-electron chi connectivity index (χ2n) is 6.78. The molecule has 0 fully saturated rings. The molecule has 0 radical (unpaired) electrons. The number of sulfone groups is 1. The molecule has 0 aliphatic rings. The highest BCUT2D eigenvalue weighted by atomic mass is 32.2. The Balaban J connectivity index is 1.72. The maximum Gasteiger partial charge on any atom is 0.501 e. The van der Waals surface area contributed by atoms with Gasteiger partial charge in [0.25, 0.3) is 9.84 Å². The average molecular weight is 467 g/mol. The fourth-order valence-electron chi connectivity index (χ4n) is 3.26. The summed E-state index contributed by atoms with van der Waals surface area (Å²) in [5.74, 6) is -1.06. The molecule has 0 bridgehead atoms. The van der Waals surface area contributed by atoms with Crippen molar-refractivity contribution in [1.82, 2.24) is 14.1 Å². The van der Waals surface area contributed by atoms with E-state index in [1.165, 1.54) is 18.3 Å². The fourth-order valence-corrected chi connectivity index (χ4v) is 4.02. The van der Waals surface area contributed by atoms with Crippen LogP contribution in [0, 0.1) is 5.82 Å². The Morgan fingerprint density at radius 2 is 1.72 bits per heavy atom. The molecular formula is C20H13F4N3O4S. The quantitative estimate of drug-likeness (QED) is 0.465. The molecule has 12 heteroatoms. The lowest BCUT2D eigenvalue weighted by molar-refractivity contribution is -0.0436. The number of imidazole rings is 1. The molecule has 2 aromatic heterocycles. The third-order valence-electron chi connectivity index (χ3n) is 4.80. The third kappa shape index (κ3) is 3.51. The Morgan fingerprint density at radius 1 is 1.03 bits per heavy atom. The van der Waals surface area contributed by atoms with Gasteiger partial charge in [-0.25, -0.2) is 22.2 Å². The van der Waals surface area contributed by atoms with Crippen molar-refractivity contribution < 1.29 is 31.1 Å². The number of hydrogen-bond donors (Lipinski definition) is 1. The minimum Gasteiger partial charge on any atom is -0.493 e. The summed E-state index contributed by atoms with van der Waals surface area (Å²) in [5, 5.41) is 10.7. The second kappa shape index (κ2) is 7.48. The first-order valence-corrected chi connectivity index (χ1v) is 10.4. The molecule has 0 atom stereocenters. The number of benzene rings is 2. The number of para-hydroxylation sites is 1. The molecule has 7 nitrogen and oxygen atoms in total. The molecule has 0 aliphatic heterocycles. The van der Waals surface area contributed by atoms with Gasteiger partial charge in [0.05, 0.1) is 23.3 Å². The normalized spacial score (nSPS) is 12.4. The van der Waals surface area contributed by atoms with E-state index in [0.29, 0.717) is 23.1 Å². The molecule has 0 unspecified atom stereocenters. The third-order valence-corrected chi connectivity index (χ3v) is 6.30. The van der Waals surface area contributed by atoms with Crippen LogP contribution in [0.4, 0.5) is 17.6 Å². The zero-order chi connectivity index (χ0) is 23.3. The summed E-state index contributed by atoms with van der Waals surface area (Å²) in [4.78, 5) is 15.8. The topological polar surface area (TPSA) is 94.2 Å². The maximum absolute atomic E-state index is 14.0. The van der Waals surface area contributed by atoms with Crippen LogP contribution in [0.2, 0.25) is 0 Å². The van der Waals surface area contributed by atoms with Gasteiger partial charge in [-0.3, -0.25) is 9.55 Å². The average Bonchev–Trinajstić information content (AvgIpc) is 3.01. The number of rotatable bonds is 4. The molecule has 1 N–H and O–H groups in total. The van der Waals surface area contributed by atoms with E-state index >= 15 is 0 Å². The van der Waals surface area contributed by atoms with E-state index in [-0.39, 0.29) is 17.7 Å². The van der Waals surface area contributed by atoms with Crippen molar-refractivity contribution in [3.8, 4) is 11.6 Å². The first-order chi connectivity index (χ1) is 15.0. The van der Waals surface area contributed by atoms with Crippen LogP contribution in [-0.4, -0.2) is 33.2 Å². The number of alkyl halides is 3. The lowest BCUT2D eigenvalue weighted by Crippen LogP contribution is -2.24. The van der Waals surface area contributed by atoms with Crippen LogP contribution in [0.1, 0.15) is 5.56 Å². The standard InChI is InChI=1S/C20H13F4N3O4S/c21-16-3-1-2-15-12(8-9-25-18(15)16)10-26-11-17(28)27(19(26)29)13-4-6-14(7-5-13)32(30,31)20(22,23)24/h1-9,11,28H,10H2. The van der Waals surface area contributed by atoms with Crippen LogP contribution in [0.25, 0.3) is 16.6 Å². The molecule has 166 valence electrons. The first-order valence-electron chi connectivity index (χ1n) is 8.96. The van der Waals surface area contributed by atoms with Gasteiger partial charge >= 0.3 is 11.2 Å². The Hall–Kier alpha value is -3.67. The Kier molecular flexibility index (Phi) is 5.04. The van der Waals surface area contributed by atoms with E-state index < -0.39 is 37.6 Å². The van der Waals surface area contributed by atoms with Crippen molar-refractivity contribution in [2.75, 3.05) is 0 Å². The van der Waals surface area contributed by atoms with E-state index in [2.05, 4.69) is 4.98 Å². The number of aromatic nitrogens is 3. The van der Waals surface area contributed by atoms with Gasteiger partial charge in [-0.05, 0) is 42.0 Å². The molecule has 0 spiro atoms. The van der Waals surface area contributed by atoms with Crippen LogP contribution in [0.3, 0.4) is 0 Å². The lowest BCUT2D eigenvalue weighted by Gasteiger charge is -2.09. The lowest BCUT2D eigenvalue weighted by atomic mass is 10.1. The highest BCUT2D eigenvalue weighted by Gasteiger charge is 2.46. The molecule has 0 saturated carbocycles. The van der Waals surface area contributed by atoms with Gasteiger partial charge in [-0.2, -0.15) is 13.2 Å². The van der Waals surface area contributed by atoms with Gasteiger partial charge in [0.15, 0.2) is 0 Å². The van der Waals surface area contributed by atoms with Gasteiger partial charge < -0.3 is 5.11 Å². The van der Waals surface area contributed by atoms with Crippen molar-refractivity contribution in [2.24, 2.45) is 0 Å². The Labute approximate surface area is 177 Å². The van der Waals surface area contributed by atoms with Crippen LogP contribution < -0.4 is 5.69 Å². The first kappa shape index (κ1) is 21.6. The van der Waals surface area contributed by atoms with Crippen LogP contribution in [0.5, 0.6) is 5.88 Å². The van der Waals surface area contributed by atoms with E-state index in [0.717, 1.165) is 27.5 Å². The summed E-state index contributed by atoms with van der Waals surface area (Å²) >= 11 is 0. The summed E-state index contributed by atoms with van der Waals surface area (Å²) in [6.45, 7) is -0.0532. The van der Waals surface area contributed by atoms with Gasteiger partial charge in [-0.1, -0.05) is 12.1 Å². The monoisotopic (exact) mass is 467 g/mol. The van der Waals surface area contributed by atoms with Crippen molar-refractivity contribution >= 4 is 20.7 Å². The van der Waals surface area contributed by atoms with Gasteiger partial charge in [-0.15, -0.1) is 0 Å². The van der Waals surface area contributed by atoms with Crippen LogP contribution >= 0.6 is 0 Å². The number of nitrogens with zero attached hydrogens (tertiary/aromatic N) is 3. The maximum atomic E-state index is 14.0. The predicted octanol–water partition coefficient (Wildman–Crippen LogP) is 3.37. The minimum atomic E-state index is -5.55. The smallest absolute Gasteiger partial charge is 0.493 e. The molecule has 0 aliphatic carbocycles. The predicted molar refractivity (Wildman–Crippen MR) is 106 cm³/mol. The summed E-state index contributed by atoms with van der Waals surface area (Å²) in [5.41, 5.74) is -5.60. The van der Waals surface area contributed by atoms with E-state index in [1.54, 1.807) is 12.1 Å². The van der Waals surface area contributed by atoms with E-state index in [4.69, 9.17) is 0 Å². The van der Waals surface area contributed by atoms with Crippen LogP contribution in [0.15, 0.2) is 70.6 Å². The van der Waals surface area contributed by atoms with Crippen molar-refractivity contribution in [1.29, 1.82) is 0 Å². The molecule has 0 saturated heterocycles. The van der Waals surface area contributed by atoms with Gasteiger partial charge in [0.2, 0.25) is 5.88 Å². The molecular weight excluding hydrogens is 454 g/mol. The number of aromatic hydroxyl groups is 1. The molecule has 0 amide bonds. The number of halogens is 4. The highest BCUT2D eigenvalue weighted by Crippen LogP contribution is 2.30. The fraction of sp³-hybridized carbons (Fsp3) is 0.100. The summed E-state index contributed by atoms with van der Waals surface area (Å²) in [6.07, 6.45) is 2.48. The summed E-state index contributed by atoms with van der Waals surface area (Å²) < 4.78 is 77.0. The van der Waals surface area contributed by atoms with Gasteiger partial charge in [0.1, 0.15) is 11.3 Å². The zero-order valence-corrected chi connectivity index (χ0v) is 16.7. The van der Waals surface area contributed by atoms with Crippen molar-refractivity contribution in [3.63, 3.8) is 0 Å². The van der Waals surface area contributed by atoms with E-state index in [1.807, 2.05) is 0 Å². The largest absolute Gasteiger partial charge is 0.501 e. The Morgan fingerprint density at radius 3 is 2.38 bits per heavy atom. The zero-order valence-electron chi connectivity index (χ0n) is 15.9. The molecule has 2 aromatic carbocycles. The molecule has 4 aromatic rings. The van der Waals surface area contributed by atoms with Gasteiger partial charge in [0, 0.05) is 11.6 Å². The van der Waals surface area contributed by atoms with E-state index in [9.17, 15) is 35.9 Å². The summed E-state index contributed by atoms with van der Waals surface area (Å²) in [6, 6.07) is 9.28. The number of fused-ring (bicyclic) bond motifs is 1. The van der Waals surface area contributed by atoms with Crippen molar-refractivity contribution in [2.45, 2.75) is 16.9 Å². The Bertz CT molecular complexity index is 1490. The number of hydrogen-bond acceptors (Lipinski definition) is 5. The molecule has 2 heterocycles. The molecule has 4 rings (SSSR count). The minimum absolute atomic E-state index is 0.0435. The molecule has 32 heavy (non-hydrogen) atoms. The number of pyridine rings is 1. The summed E-state index contributed by atoms with van der Waals surface area (Å²) in [7, 11) is -5.55. The SMILES string of the molecule is O=c1n(Cc2ccnc3c(F)cccc23)cc(O)n1-c1ccc(S(=O)(=O)C(F)(F)F)cc1.